The van der Waals surface area contributed by atoms with Crippen molar-refractivity contribution in [3.8, 4) is 0 Å². The van der Waals surface area contributed by atoms with Crippen LogP contribution in [0.25, 0.3) is 0 Å². The average Bonchev–Trinajstić information content (AvgIpc) is 2.35. The summed E-state index contributed by atoms with van der Waals surface area (Å²) in [5.41, 5.74) is 0.616. The van der Waals surface area contributed by atoms with Crippen molar-refractivity contribution in [2.24, 2.45) is 0 Å². The van der Waals surface area contributed by atoms with Crippen LogP contribution in [0.2, 0.25) is 0 Å². The van der Waals surface area contributed by atoms with Crippen molar-refractivity contribution in [2.45, 2.75) is 13.8 Å². The lowest BCUT2D eigenvalue weighted by Gasteiger charge is -2.17. The molecule has 94 valence electrons. The molecule has 0 saturated carbocycles. The summed E-state index contributed by atoms with van der Waals surface area (Å²) in [7, 11) is 0. The number of amides is 1. The molecule has 1 rings (SSSR count). The van der Waals surface area contributed by atoms with Crippen LogP contribution in [-0.2, 0) is 0 Å². The largest absolute Gasteiger partial charge is 0.351 e. The second kappa shape index (κ2) is 7.60. The van der Waals surface area contributed by atoms with E-state index >= 15 is 0 Å². The third-order valence-corrected chi connectivity index (χ3v) is 3.24. The van der Waals surface area contributed by atoms with E-state index in [2.05, 4.69) is 51.6 Å². The standard InChI is InChI=1S/C12H18IN3O/c1-3-16(4-2)8-7-14-12(17)10-5-6-11(13)15-9-10/h5-6,9H,3-4,7-8H2,1-2H3,(H,14,17)/i13-2. The van der Waals surface area contributed by atoms with Gasteiger partial charge in [-0.1, -0.05) is 13.8 Å². The monoisotopic (exact) mass is 345 g/mol. The summed E-state index contributed by atoms with van der Waals surface area (Å²) in [6.07, 6.45) is 1.61. The predicted octanol–water partition coefficient (Wildman–Crippen LogP) is 1.76. The quantitative estimate of drug-likeness (QED) is 0.631. The van der Waals surface area contributed by atoms with Crippen LogP contribution in [0.5, 0.6) is 0 Å². The smallest absolute Gasteiger partial charge is 0.252 e. The Morgan fingerprint density at radius 2 is 2.12 bits per heavy atom. The van der Waals surface area contributed by atoms with Crippen molar-refractivity contribution >= 4 is 28.5 Å². The van der Waals surface area contributed by atoms with Gasteiger partial charge in [-0.15, -0.1) is 0 Å². The van der Waals surface area contributed by atoms with E-state index in [-0.39, 0.29) is 5.91 Å². The number of nitrogens with zero attached hydrogens (tertiary/aromatic N) is 2. The molecule has 1 aromatic heterocycles. The molecule has 0 radical (unpaired) electrons. The third-order valence-electron chi connectivity index (χ3n) is 2.60. The van der Waals surface area contributed by atoms with Gasteiger partial charge < -0.3 is 10.2 Å². The maximum atomic E-state index is 11.7. The van der Waals surface area contributed by atoms with E-state index < -0.39 is 0 Å². The molecular weight excluding hydrogens is 327 g/mol. The van der Waals surface area contributed by atoms with Crippen molar-refractivity contribution in [1.29, 1.82) is 0 Å². The fourth-order valence-electron chi connectivity index (χ4n) is 1.48. The van der Waals surface area contributed by atoms with Crippen molar-refractivity contribution < 1.29 is 4.79 Å². The third kappa shape index (κ3) is 4.99. The summed E-state index contributed by atoms with van der Waals surface area (Å²) in [5.74, 6) is -0.0546. The van der Waals surface area contributed by atoms with E-state index in [1.807, 2.05) is 6.07 Å². The first-order valence-corrected chi connectivity index (χ1v) is 6.87. The van der Waals surface area contributed by atoms with Crippen LogP contribution in [-0.4, -0.2) is 42.0 Å². The van der Waals surface area contributed by atoms with Gasteiger partial charge in [0.2, 0.25) is 0 Å². The molecule has 0 aliphatic carbocycles. The molecule has 1 amide bonds. The second-order valence-corrected chi connectivity index (χ2v) is 4.76. The molecule has 1 N–H and O–H groups in total. The summed E-state index contributed by atoms with van der Waals surface area (Å²) in [6.45, 7) is 7.82. The summed E-state index contributed by atoms with van der Waals surface area (Å²) < 4.78 is 0.891. The first kappa shape index (κ1) is 14.4. The molecule has 0 aromatic carbocycles. The fraction of sp³-hybridized carbons (Fsp3) is 0.500. The molecule has 0 aliphatic heterocycles. The zero-order chi connectivity index (χ0) is 12.7. The van der Waals surface area contributed by atoms with Crippen molar-refractivity contribution in [2.75, 3.05) is 26.2 Å². The highest BCUT2D eigenvalue weighted by Crippen LogP contribution is 2.02. The van der Waals surface area contributed by atoms with E-state index in [1.54, 1.807) is 12.3 Å². The van der Waals surface area contributed by atoms with Gasteiger partial charge in [-0.3, -0.25) is 4.79 Å². The van der Waals surface area contributed by atoms with Gasteiger partial charge in [0, 0.05) is 19.3 Å². The molecule has 0 bridgehead atoms. The molecule has 1 heterocycles. The molecule has 0 aliphatic rings. The molecule has 0 saturated heterocycles. The van der Waals surface area contributed by atoms with Gasteiger partial charge in [0.15, 0.2) is 0 Å². The average molecular weight is 345 g/mol. The molecule has 0 fully saturated rings. The minimum Gasteiger partial charge on any atom is -0.351 e. The highest BCUT2D eigenvalue weighted by atomic mass is 125. The van der Waals surface area contributed by atoms with Crippen molar-refractivity contribution in [1.82, 2.24) is 15.2 Å². The zero-order valence-corrected chi connectivity index (χ0v) is 12.4. The molecular formula is C12H18IN3O. The Bertz CT molecular complexity index is 349. The molecule has 17 heavy (non-hydrogen) atoms. The Labute approximate surface area is 116 Å². The number of aromatic nitrogens is 1. The maximum absolute atomic E-state index is 11.7. The van der Waals surface area contributed by atoms with Gasteiger partial charge in [-0.2, -0.15) is 0 Å². The number of halogens is 1. The van der Waals surface area contributed by atoms with Gasteiger partial charge in [0.05, 0.1) is 5.56 Å². The first-order valence-electron chi connectivity index (χ1n) is 5.79. The van der Waals surface area contributed by atoms with Crippen LogP contribution in [0.15, 0.2) is 18.3 Å². The first-order chi connectivity index (χ1) is 8.17. The van der Waals surface area contributed by atoms with Crippen molar-refractivity contribution in [3.05, 3.63) is 27.6 Å². The number of hydrogen-bond donors (Lipinski definition) is 1. The number of nitrogens with one attached hydrogen (secondary N) is 1. The van der Waals surface area contributed by atoms with Crippen LogP contribution in [0.1, 0.15) is 24.2 Å². The Hall–Kier alpha value is -0.690. The van der Waals surface area contributed by atoms with Crippen LogP contribution >= 0.6 is 22.6 Å². The van der Waals surface area contributed by atoms with Crippen LogP contribution in [0.3, 0.4) is 0 Å². The van der Waals surface area contributed by atoms with Crippen molar-refractivity contribution in [3.63, 3.8) is 0 Å². The number of carbonyl (C=O) groups excluding carboxylic acids is 1. The van der Waals surface area contributed by atoms with Gasteiger partial charge in [0.1, 0.15) is 3.70 Å². The molecule has 5 heteroatoms. The lowest BCUT2D eigenvalue weighted by Crippen LogP contribution is -2.34. The Morgan fingerprint density at radius 1 is 1.41 bits per heavy atom. The van der Waals surface area contributed by atoms with E-state index in [4.69, 9.17) is 0 Å². The predicted molar refractivity (Wildman–Crippen MR) is 77.1 cm³/mol. The summed E-state index contributed by atoms with van der Waals surface area (Å²) in [5, 5.41) is 2.89. The SMILES string of the molecule is CCN(CC)CCNC(=O)c1ccc([125I])nc1. The van der Waals surface area contributed by atoms with E-state index in [0.717, 1.165) is 23.3 Å². The van der Waals surface area contributed by atoms with E-state index in [1.165, 1.54) is 0 Å². The molecule has 1 aromatic rings. The van der Waals surface area contributed by atoms with Gasteiger partial charge >= 0.3 is 0 Å². The lowest BCUT2D eigenvalue weighted by atomic mass is 10.3. The van der Waals surface area contributed by atoms with Gasteiger partial charge in [0.25, 0.3) is 5.91 Å². The summed E-state index contributed by atoms with van der Waals surface area (Å²) in [4.78, 5) is 18.1. The highest BCUT2D eigenvalue weighted by molar-refractivity contribution is 14.1. The number of hydrogen-bond acceptors (Lipinski definition) is 3. The maximum Gasteiger partial charge on any atom is 0.252 e. The number of likely N-dealkylation sites (N-methyl/N-ethyl adjacent to an activating group) is 1. The van der Waals surface area contributed by atoms with Gasteiger partial charge in [-0.05, 0) is 47.8 Å². The molecule has 0 spiro atoms. The minimum absolute atomic E-state index is 0.0546. The fourth-order valence-corrected chi connectivity index (χ4v) is 1.80. The topological polar surface area (TPSA) is 45.2 Å². The molecule has 4 nitrogen and oxygen atoms in total. The zero-order valence-electron chi connectivity index (χ0n) is 10.2. The van der Waals surface area contributed by atoms with Crippen LogP contribution in [0, 0.1) is 3.70 Å². The van der Waals surface area contributed by atoms with E-state index in [0.29, 0.717) is 12.1 Å². The van der Waals surface area contributed by atoms with Crippen LogP contribution in [0.4, 0.5) is 0 Å². The Kier molecular flexibility index (Phi) is 6.43. The molecule has 0 unspecified atom stereocenters. The second-order valence-electron chi connectivity index (χ2n) is 3.65. The summed E-state index contributed by atoms with van der Waals surface area (Å²) >= 11 is 2.12. The Balaban J connectivity index is 2.37. The highest BCUT2D eigenvalue weighted by Gasteiger charge is 2.05. The number of pyridine rings is 1. The normalized spacial score (nSPS) is 10.6. The number of rotatable bonds is 6. The van der Waals surface area contributed by atoms with Crippen LogP contribution < -0.4 is 5.32 Å². The van der Waals surface area contributed by atoms with Gasteiger partial charge in [-0.25, -0.2) is 4.98 Å². The Morgan fingerprint density at radius 3 is 2.65 bits per heavy atom. The summed E-state index contributed by atoms with van der Waals surface area (Å²) in [6, 6.07) is 3.63. The minimum atomic E-state index is -0.0546. The lowest BCUT2D eigenvalue weighted by molar-refractivity contribution is 0.0948. The number of carbonyl (C=O) groups is 1. The van der Waals surface area contributed by atoms with E-state index in [9.17, 15) is 4.79 Å². The molecule has 0 atom stereocenters.